The van der Waals surface area contributed by atoms with Gasteiger partial charge in [-0.3, -0.25) is 9.98 Å². The second-order valence-electron chi connectivity index (χ2n) is 11.7. The third kappa shape index (κ3) is 10.4. The highest BCUT2D eigenvalue weighted by Gasteiger charge is 2.12. The van der Waals surface area contributed by atoms with Gasteiger partial charge in [0.25, 0.3) is 0 Å². The van der Waals surface area contributed by atoms with Crippen molar-refractivity contribution in [3.05, 3.63) is 81.4 Å². The molecule has 0 spiro atoms. The molecule has 0 saturated heterocycles. The Hall–Kier alpha value is -3.44. The van der Waals surface area contributed by atoms with E-state index in [2.05, 4.69) is 63.3 Å². The number of nitrogens with one attached hydrogen (secondary N) is 1. The molecule has 0 unspecified atom stereocenters. The molecule has 0 radical (unpaired) electrons. The van der Waals surface area contributed by atoms with Crippen molar-refractivity contribution in [2.24, 2.45) is 9.98 Å². The summed E-state index contributed by atoms with van der Waals surface area (Å²) in [5.74, 6) is 0.644. The second kappa shape index (κ2) is 18.3. The van der Waals surface area contributed by atoms with E-state index in [4.69, 9.17) is 9.98 Å². The Morgan fingerprint density at radius 2 is 1.05 bits per heavy atom. The van der Waals surface area contributed by atoms with Crippen LogP contribution in [-0.4, -0.2) is 29.7 Å². The fourth-order valence-corrected chi connectivity index (χ4v) is 5.31. The molecule has 0 aliphatic heterocycles. The van der Waals surface area contributed by atoms with Crippen LogP contribution >= 0.6 is 0 Å². The van der Waals surface area contributed by atoms with Crippen molar-refractivity contribution in [2.75, 3.05) is 7.05 Å². The van der Waals surface area contributed by atoms with Crippen LogP contribution in [-0.2, 0) is 32.2 Å². The summed E-state index contributed by atoms with van der Waals surface area (Å²) < 4.78 is 0. The van der Waals surface area contributed by atoms with Crippen LogP contribution in [0.25, 0.3) is 0 Å². The molecule has 3 rings (SSSR count). The zero-order valence-corrected chi connectivity index (χ0v) is 27.2. The number of aryl methyl sites for hydroxylation is 4. The predicted molar refractivity (Wildman–Crippen MR) is 184 cm³/mol. The summed E-state index contributed by atoms with van der Waals surface area (Å²) in [4.78, 5) is 9.74. The fourth-order valence-electron chi connectivity index (χ4n) is 5.31. The highest BCUT2D eigenvalue weighted by atomic mass is 16.3. The molecule has 3 N–H and O–H groups in total. The number of aromatic hydroxyl groups is 2. The molecule has 0 fully saturated rings. The van der Waals surface area contributed by atoms with E-state index in [1.807, 2.05) is 19.2 Å². The van der Waals surface area contributed by atoms with E-state index in [-0.39, 0.29) is 0 Å². The van der Waals surface area contributed by atoms with Gasteiger partial charge in [-0.05, 0) is 110 Å². The third-order valence-electron chi connectivity index (χ3n) is 7.90. The monoisotopic (exact) mass is 583 g/mol. The number of nitrogens with zero attached hydrogens (tertiary/aromatic N) is 2. The lowest BCUT2D eigenvalue weighted by Gasteiger charge is -2.12. The minimum Gasteiger partial charge on any atom is -0.507 e. The Morgan fingerprint density at radius 3 is 1.51 bits per heavy atom. The highest BCUT2D eigenvalue weighted by molar-refractivity contribution is 5.90. The zero-order valence-electron chi connectivity index (χ0n) is 27.2. The second-order valence-corrected chi connectivity index (χ2v) is 11.7. The molecular formula is C38H53N3O2. The van der Waals surface area contributed by atoms with E-state index in [0.29, 0.717) is 18.0 Å². The maximum absolute atomic E-state index is 11.2. The van der Waals surface area contributed by atoms with Crippen LogP contribution in [0.5, 0.6) is 11.5 Å². The molecule has 43 heavy (non-hydrogen) atoms. The molecule has 0 amide bonds. The number of phenols is 2. The maximum atomic E-state index is 11.2. The van der Waals surface area contributed by atoms with Gasteiger partial charge in [-0.1, -0.05) is 71.6 Å². The van der Waals surface area contributed by atoms with Crippen molar-refractivity contribution in [3.8, 4) is 11.5 Å². The summed E-state index contributed by atoms with van der Waals surface area (Å²) in [5, 5.41) is 25.5. The molecule has 3 aromatic rings. The molecule has 0 aliphatic carbocycles. The minimum atomic E-state index is 0.322. The quantitative estimate of drug-likeness (QED) is 0.130. The first-order chi connectivity index (χ1) is 20.9. The van der Waals surface area contributed by atoms with Crippen LogP contribution in [0, 0.1) is 0 Å². The Labute approximate surface area is 260 Å². The fraction of sp³-hybridized carbons (Fsp3) is 0.474. The van der Waals surface area contributed by atoms with Gasteiger partial charge in [0.05, 0.1) is 11.4 Å². The number of hydrogen-bond acceptors (Lipinski definition) is 5. The number of aliphatic imine (C=N–C) groups is 2. The molecule has 5 heteroatoms. The number of unbranched alkanes of at least 4 members (excludes halogenated alkanes) is 4. The topological polar surface area (TPSA) is 77.2 Å². The summed E-state index contributed by atoms with van der Waals surface area (Å²) in [6.45, 7) is 9.47. The van der Waals surface area contributed by atoms with Gasteiger partial charge in [0, 0.05) is 30.1 Å². The zero-order chi connectivity index (χ0) is 31.0. The molecule has 3 aromatic carbocycles. The van der Waals surface area contributed by atoms with Crippen molar-refractivity contribution in [1.29, 1.82) is 0 Å². The van der Waals surface area contributed by atoms with E-state index in [1.54, 1.807) is 12.4 Å². The average Bonchev–Trinajstić information content (AvgIpc) is 3.01. The van der Waals surface area contributed by atoms with Crippen molar-refractivity contribution < 1.29 is 10.2 Å². The minimum absolute atomic E-state index is 0.322. The number of phenolic OH excluding ortho intramolecular Hbond substituents is 2. The summed E-state index contributed by atoms with van der Waals surface area (Å²) in [6.07, 6.45) is 16.0. The summed E-state index contributed by atoms with van der Waals surface area (Å²) >= 11 is 0. The number of rotatable bonds is 18. The van der Waals surface area contributed by atoms with Crippen LogP contribution in [0.15, 0.2) is 52.4 Å². The maximum Gasteiger partial charge on any atom is 0.127 e. The van der Waals surface area contributed by atoms with Gasteiger partial charge < -0.3 is 15.5 Å². The average molecular weight is 584 g/mol. The van der Waals surface area contributed by atoms with E-state index in [0.717, 1.165) is 116 Å². The molecule has 0 heterocycles. The molecule has 5 nitrogen and oxygen atoms in total. The molecule has 0 atom stereocenters. The van der Waals surface area contributed by atoms with Crippen LogP contribution in [0.3, 0.4) is 0 Å². The number of benzene rings is 3. The van der Waals surface area contributed by atoms with Gasteiger partial charge in [-0.2, -0.15) is 0 Å². The van der Waals surface area contributed by atoms with Crippen molar-refractivity contribution in [3.63, 3.8) is 0 Å². The predicted octanol–water partition coefficient (Wildman–Crippen LogP) is 9.69. The Morgan fingerprint density at radius 1 is 0.581 bits per heavy atom. The lowest BCUT2D eigenvalue weighted by Crippen LogP contribution is -2.04. The van der Waals surface area contributed by atoms with Gasteiger partial charge >= 0.3 is 0 Å². The summed E-state index contributed by atoms with van der Waals surface area (Å²) in [5.41, 5.74) is 8.52. The van der Waals surface area contributed by atoms with E-state index in [9.17, 15) is 10.2 Å². The first kappa shape index (κ1) is 34.1. The van der Waals surface area contributed by atoms with Crippen LogP contribution in [0.1, 0.15) is 118 Å². The Balaban J connectivity index is 2.03. The van der Waals surface area contributed by atoms with Gasteiger partial charge in [0.2, 0.25) is 0 Å². The molecule has 0 aliphatic rings. The van der Waals surface area contributed by atoms with Gasteiger partial charge in [0.15, 0.2) is 0 Å². The summed E-state index contributed by atoms with van der Waals surface area (Å²) in [7, 11) is 1.93. The standard InChI is InChI=1S/C38H53N3O2/c1-6-10-14-28-20-31(16-12-8-3)37(42)33(22-28)26-40-35-19-18-30(25-39-5)24-36(35)41-27-34-23-29(15-11-7-2)21-32(38(34)43)17-13-9-4/h18-24,26-27,39,42-43H,6-17,25H2,1-5H3/b40-26+,41-27+. The Kier molecular flexibility index (Phi) is 14.5. The van der Waals surface area contributed by atoms with Gasteiger partial charge in [-0.25, -0.2) is 0 Å². The highest BCUT2D eigenvalue weighted by Crippen LogP contribution is 2.32. The Bertz CT molecular complexity index is 1360. The van der Waals surface area contributed by atoms with Crippen molar-refractivity contribution in [2.45, 2.75) is 111 Å². The largest absolute Gasteiger partial charge is 0.507 e. The van der Waals surface area contributed by atoms with E-state index < -0.39 is 0 Å². The lowest BCUT2D eigenvalue weighted by atomic mass is 9.97. The molecule has 0 bridgehead atoms. The van der Waals surface area contributed by atoms with Gasteiger partial charge in [0.1, 0.15) is 11.5 Å². The first-order valence-corrected chi connectivity index (χ1v) is 16.5. The smallest absolute Gasteiger partial charge is 0.127 e. The lowest BCUT2D eigenvalue weighted by molar-refractivity contribution is 0.465. The molecular weight excluding hydrogens is 530 g/mol. The molecule has 0 saturated carbocycles. The van der Waals surface area contributed by atoms with Crippen LogP contribution in [0.4, 0.5) is 11.4 Å². The molecule has 0 aromatic heterocycles. The number of hydrogen-bond donors (Lipinski definition) is 3. The SMILES string of the molecule is CCCCc1cc(/C=N/c2ccc(CNC)cc2/N=C/c2cc(CCCC)cc(CCCC)c2O)c(O)c(CCCC)c1. The van der Waals surface area contributed by atoms with Crippen LogP contribution < -0.4 is 5.32 Å². The van der Waals surface area contributed by atoms with Gasteiger partial charge in [-0.15, -0.1) is 0 Å². The van der Waals surface area contributed by atoms with Crippen molar-refractivity contribution in [1.82, 2.24) is 5.32 Å². The normalized spacial score (nSPS) is 11.7. The van der Waals surface area contributed by atoms with Crippen molar-refractivity contribution >= 4 is 23.8 Å². The molecule has 232 valence electrons. The van der Waals surface area contributed by atoms with Crippen LogP contribution in [0.2, 0.25) is 0 Å². The van der Waals surface area contributed by atoms with E-state index in [1.165, 1.54) is 11.1 Å². The summed E-state index contributed by atoms with van der Waals surface area (Å²) in [6, 6.07) is 14.5. The first-order valence-electron chi connectivity index (χ1n) is 16.5. The van der Waals surface area contributed by atoms with E-state index >= 15 is 0 Å². The third-order valence-corrected chi connectivity index (χ3v) is 7.90.